The number of nitrogens with one attached hydrogen (secondary N) is 2. The predicted octanol–water partition coefficient (Wildman–Crippen LogP) is 2.47. The van der Waals surface area contributed by atoms with Gasteiger partial charge in [0.05, 0.1) is 5.69 Å². The first-order chi connectivity index (χ1) is 14.5. The number of carbonyl (C=O) groups is 1. The van der Waals surface area contributed by atoms with Gasteiger partial charge in [0.1, 0.15) is 17.2 Å². The second-order valence-corrected chi connectivity index (χ2v) is 6.81. The van der Waals surface area contributed by atoms with Crippen molar-refractivity contribution < 1.29 is 13.6 Å². The van der Waals surface area contributed by atoms with Crippen LogP contribution >= 0.6 is 0 Å². The maximum absolute atomic E-state index is 14.1. The van der Waals surface area contributed by atoms with E-state index in [1.165, 1.54) is 12.3 Å². The molecule has 0 saturated carbocycles. The third-order valence-electron chi connectivity index (χ3n) is 4.90. The van der Waals surface area contributed by atoms with Crippen LogP contribution in [-0.4, -0.2) is 45.0 Å². The summed E-state index contributed by atoms with van der Waals surface area (Å²) in [6, 6.07) is 4.13. The number of likely N-dealkylation sites (N-methyl/N-ethyl adjacent to an activating group) is 1. The molecule has 0 bridgehead atoms. The van der Waals surface area contributed by atoms with E-state index in [4.69, 9.17) is 0 Å². The molecule has 1 aromatic carbocycles. The Morgan fingerprint density at radius 1 is 1.30 bits per heavy atom. The average Bonchev–Trinajstić information content (AvgIpc) is 3.17. The van der Waals surface area contributed by atoms with E-state index in [9.17, 15) is 18.4 Å². The number of amides is 1. The summed E-state index contributed by atoms with van der Waals surface area (Å²) >= 11 is 0. The monoisotopic (exact) mass is 411 g/mol. The highest BCUT2D eigenvalue weighted by Crippen LogP contribution is 2.21. The quantitative estimate of drug-likeness (QED) is 0.676. The fourth-order valence-electron chi connectivity index (χ4n) is 3.19. The van der Waals surface area contributed by atoms with Gasteiger partial charge in [-0.05, 0) is 36.9 Å². The molecule has 2 aromatic heterocycles. The molecule has 1 amide bonds. The van der Waals surface area contributed by atoms with Crippen LogP contribution in [0, 0.1) is 11.6 Å². The number of aromatic nitrogens is 3. The number of H-pyrrole nitrogens is 1. The van der Waals surface area contributed by atoms with Gasteiger partial charge in [-0.3, -0.25) is 14.7 Å². The van der Waals surface area contributed by atoms with Crippen molar-refractivity contribution in [1.82, 2.24) is 24.8 Å². The lowest BCUT2D eigenvalue weighted by Gasteiger charge is -2.20. The average molecular weight is 411 g/mol. The molecule has 0 saturated heterocycles. The highest BCUT2D eigenvalue weighted by molar-refractivity contribution is 6.00. The molecule has 7 nitrogen and oxygen atoms in total. The van der Waals surface area contributed by atoms with Crippen molar-refractivity contribution in [2.45, 2.75) is 6.92 Å². The van der Waals surface area contributed by atoms with E-state index in [2.05, 4.69) is 27.2 Å². The summed E-state index contributed by atoms with van der Waals surface area (Å²) in [6.07, 6.45) is 7.30. The SMILES string of the molecule is CCN1C=CC(CNC(=O)c2c[nH]n3c(=O)cc(-c4ccc(F)cc4F)nc23)=CC1. The Bertz CT molecular complexity index is 1240. The molecule has 3 aromatic rings. The number of benzene rings is 1. The molecular formula is C21H19F2N5O2. The first-order valence-electron chi connectivity index (χ1n) is 9.42. The minimum atomic E-state index is -0.843. The summed E-state index contributed by atoms with van der Waals surface area (Å²) in [4.78, 5) is 31.5. The summed E-state index contributed by atoms with van der Waals surface area (Å²) in [5, 5.41) is 5.48. The number of hydrogen-bond acceptors (Lipinski definition) is 4. The zero-order valence-electron chi connectivity index (χ0n) is 16.2. The summed E-state index contributed by atoms with van der Waals surface area (Å²) in [7, 11) is 0. The van der Waals surface area contributed by atoms with Crippen molar-refractivity contribution in [3.05, 3.63) is 81.9 Å². The topological polar surface area (TPSA) is 82.5 Å². The van der Waals surface area contributed by atoms with Gasteiger partial charge >= 0.3 is 0 Å². The smallest absolute Gasteiger partial charge is 0.273 e. The lowest BCUT2D eigenvalue weighted by Crippen LogP contribution is -2.27. The van der Waals surface area contributed by atoms with E-state index in [0.29, 0.717) is 12.6 Å². The molecule has 4 rings (SSSR count). The maximum atomic E-state index is 14.1. The van der Waals surface area contributed by atoms with Gasteiger partial charge in [-0.2, -0.15) is 0 Å². The molecule has 1 aliphatic heterocycles. The van der Waals surface area contributed by atoms with Crippen LogP contribution in [0.1, 0.15) is 17.3 Å². The van der Waals surface area contributed by atoms with Crippen LogP contribution in [0.5, 0.6) is 0 Å². The summed E-state index contributed by atoms with van der Waals surface area (Å²) in [5.74, 6) is -2.00. The summed E-state index contributed by atoms with van der Waals surface area (Å²) in [5.41, 5.74) is 0.642. The van der Waals surface area contributed by atoms with Crippen molar-refractivity contribution in [3.8, 4) is 11.3 Å². The second kappa shape index (κ2) is 7.94. The Morgan fingerprint density at radius 3 is 2.83 bits per heavy atom. The zero-order valence-corrected chi connectivity index (χ0v) is 16.2. The number of carbonyl (C=O) groups excluding carboxylic acids is 1. The number of aromatic amines is 1. The predicted molar refractivity (Wildman–Crippen MR) is 108 cm³/mol. The molecule has 0 atom stereocenters. The molecule has 0 fully saturated rings. The molecule has 2 N–H and O–H groups in total. The van der Waals surface area contributed by atoms with Crippen LogP contribution in [0.2, 0.25) is 0 Å². The van der Waals surface area contributed by atoms with Gasteiger partial charge in [0, 0.05) is 43.5 Å². The molecule has 0 spiro atoms. The van der Waals surface area contributed by atoms with E-state index in [0.717, 1.165) is 35.3 Å². The number of halogens is 2. The van der Waals surface area contributed by atoms with E-state index in [-0.39, 0.29) is 22.5 Å². The molecule has 0 radical (unpaired) electrons. The van der Waals surface area contributed by atoms with Gasteiger partial charge in [-0.25, -0.2) is 18.3 Å². The van der Waals surface area contributed by atoms with Crippen molar-refractivity contribution in [2.24, 2.45) is 0 Å². The van der Waals surface area contributed by atoms with Crippen LogP contribution < -0.4 is 10.9 Å². The Balaban J connectivity index is 1.61. The summed E-state index contributed by atoms with van der Waals surface area (Å²) in [6.45, 7) is 4.05. The van der Waals surface area contributed by atoms with E-state index >= 15 is 0 Å². The number of nitrogens with zero attached hydrogens (tertiary/aromatic N) is 3. The molecule has 9 heteroatoms. The third-order valence-corrected chi connectivity index (χ3v) is 4.90. The molecule has 0 aliphatic carbocycles. The number of rotatable bonds is 5. The highest BCUT2D eigenvalue weighted by atomic mass is 19.1. The van der Waals surface area contributed by atoms with Crippen molar-refractivity contribution in [1.29, 1.82) is 0 Å². The third kappa shape index (κ3) is 3.73. The molecule has 3 heterocycles. The number of hydrogen-bond donors (Lipinski definition) is 2. The Kier molecular flexibility index (Phi) is 5.18. The van der Waals surface area contributed by atoms with Crippen molar-refractivity contribution >= 4 is 11.6 Å². The first kappa shape index (κ1) is 19.6. The second-order valence-electron chi connectivity index (χ2n) is 6.81. The Hall–Kier alpha value is -3.75. The van der Waals surface area contributed by atoms with Crippen LogP contribution in [0.3, 0.4) is 0 Å². The fourth-order valence-corrected chi connectivity index (χ4v) is 3.19. The van der Waals surface area contributed by atoms with Crippen molar-refractivity contribution in [2.75, 3.05) is 19.6 Å². The van der Waals surface area contributed by atoms with Crippen LogP contribution in [0.4, 0.5) is 8.78 Å². The minimum absolute atomic E-state index is 0.0173. The molecular weight excluding hydrogens is 392 g/mol. The van der Waals surface area contributed by atoms with Crippen LogP contribution in [-0.2, 0) is 0 Å². The van der Waals surface area contributed by atoms with Gasteiger partial charge < -0.3 is 10.2 Å². The zero-order chi connectivity index (χ0) is 21.3. The first-order valence-corrected chi connectivity index (χ1v) is 9.42. The Labute approximate surface area is 170 Å². The van der Waals surface area contributed by atoms with Gasteiger partial charge in [0.25, 0.3) is 11.5 Å². The fraction of sp³-hybridized carbons (Fsp3) is 0.190. The maximum Gasteiger partial charge on any atom is 0.273 e. The Morgan fingerprint density at radius 2 is 2.13 bits per heavy atom. The van der Waals surface area contributed by atoms with Crippen LogP contribution in [0.15, 0.2) is 59.2 Å². The molecule has 30 heavy (non-hydrogen) atoms. The van der Waals surface area contributed by atoms with E-state index in [1.54, 1.807) is 0 Å². The van der Waals surface area contributed by atoms with E-state index < -0.39 is 23.1 Å². The van der Waals surface area contributed by atoms with Crippen LogP contribution in [0.25, 0.3) is 16.9 Å². The number of fused-ring (bicyclic) bond motifs is 1. The molecule has 154 valence electrons. The van der Waals surface area contributed by atoms with Gasteiger partial charge in [0.2, 0.25) is 0 Å². The van der Waals surface area contributed by atoms with Gasteiger partial charge in [-0.1, -0.05) is 6.08 Å². The van der Waals surface area contributed by atoms with Gasteiger partial charge in [0.15, 0.2) is 5.65 Å². The largest absolute Gasteiger partial charge is 0.374 e. The highest BCUT2D eigenvalue weighted by Gasteiger charge is 2.18. The summed E-state index contributed by atoms with van der Waals surface area (Å²) < 4.78 is 28.4. The lowest BCUT2D eigenvalue weighted by atomic mass is 10.1. The molecule has 0 unspecified atom stereocenters. The normalized spacial score (nSPS) is 13.6. The van der Waals surface area contributed by atoms with Crippen molar-refractivity contribution in [3.63, 3.8) is 0 Å². The lowest BCUT2D eigenvalue weighted by molar-refractivity contribution is 0.0958. The molecule has 1 aliphatic rings. The van der Waals surface area contributed by atoms with Gasteiger partial charge in [-0.15, -0.1) is 0 Å². The minimum Gasteiger partial charge on any atom is -0.374 e. The van der Waals surface area contributed by atoms with E-state index in [1.807, 2.05) is 18.4 Å². The standard InChI is InChI=1S/C21H19F2N5O2/c1-2-27-7-5-13(6-8-27)11-24-21(30)16-12-25-28-19(29)10-18(26-20(16)28)15-4-3-14(22)9-17(15)23/h3-7,9-10,12,25H,2,8,11H2,1H3,(H,24,30).